The van der Waals surface area contributed by atoms with Gasteiger partial charge in [0, 0.05) is 16.4 Å². The van der Waals surface area contributed by atoms with Gasteiger partial charge in [-0.05, 0) is 24.3 Å². The fraction of sp³-hybridized carbons (Fsp3) is 0.632. The molecule has 0 aromatic heterocycles. The molecule has 1 aromatic rings. The summed E-state index contributed by atoms with van der Waals surface area (Å²) in [6.07, 6.45) is 9.52. The molecule has 0 bridgehead atoms. The van der Waals surface area contributed by atoms with Crippen molar-refractivity contribution in [2.75, 3.05) is 5.75 Å². The minimum atomic E-state index is 0.0798. The number of ketones is 1. The third-order valence-corrected chi connectivity index (χ3v) is 4.78. The van der Waals surface area contributed by atoms with E-state index in [9.17, 15) is 4.79 Å². The second-order valence-electron chi connectivity index (χ2n) is 6.01. The predicted molar refractivity (Wildman–Crippen MR) is 94.3 cm³/mol. The molecule has 0 aliphatic heterocycles. The first-order chi connectivity index (χ1) is 10.1. The zero-order valence-electron chi connectivity index (χ0n) is 13.9. The van der Waals surface area contributed by atoms with E-state index in [4.69, 9.17) is 0 Å². The number of unbranched alkanes of at least 4 members (excludes halogenated alkanes) is 6. The van der Waals surface area contributed by atoms with Gasteiger partial charge in [-0.15, -0.1) is 11.8 Å². The van der Waals surface area contributed by atoms with Crippen LogP contribution in [0.1, 0.15) is 76.1 Å². The van der Waals surface area contributed by atoms with Gasteiger partial charge < -0.3 is 0 Å². The molecule has 0 atom stereocenters. The van der Waals surface area contributed by atoms with Crippen LogP contribution in [-0.2, 0) is 0 Å². The third kappa shape index (κ3) is 7.71. The topological polar surface area (TPSA) is 17.1 Å². The SMILES string of the molecule is CCCCCCCCCSc1ccc(C(=O)C(C)C)cc1. The molecule has 0 radical (unpaired) electrons. The van der Waals surface area contributed by atoms with Gasteiger partial charge in [0.15, 0.2) is 5.78 Å². The Kier molecular flexibility index (Phi) is 9.49. The summed E-state index contributed by atoms with van der Waals surface area (Å²) in [7, 11) is 0. The van der Waals surface area contributed by atoms with E-state index in [0.29, 0.717) is 0 Å². The van der Waals surface area contributed by atoms with Crippen LogP contribution in [-0.4, -0.2) is 11.5 Å². The van der Waals surface area contributed by atoms with Crippen LogP contribution < -0.4 is 0 Å². The third-order valence-electron chi connectivity index (χ3n) is 3.68. The normalized spacial score (nSPS) is 11.0. The molecule has 0 N–H and O–H groups in total. The van der Waals surface area contributed by atoms with Crippen molar-refractivity contribution in [3.63, 3.8) is 0 Å². The van der Waals surface area contributed by atoms with E-state index in [0.717, 1.165) is 5.56 Å². The number of Topliss-reactive ketones (excluding diaryl/α,β-unsaturated/α-hetero) is 1. The Labute approximate surface area is 134 Å². The molecule has 0 aliphatic rings. The smallest absolute Gasteiger partial charge is 0.165 e. The van der Waals surface area contributed by atoms with E-state index in [2.05, 4.69) is 19.1 Å². The molecule has 0 spiro atoms. The van der Waals surface area contributed by atoms with Gasteiger partial charge in [-0.2, -0.15) is 0 Å². The van der Waals surface area contributed by atoms with E-state index in [1.54, 1.807) is 0 Å². The lowest BCUT2D eigenvalue weighted by Crippen LogP contribution is -2.06. The van der Waals surface area contributed by atoms with Crippen molar-refractivity contribution in [2.24, 2.45) is 5.92 Å². The van der Waals surface area contributed by atoms with Gasteiger partial charge in [0.25, 0.3) is 0 Å². The molecule has 0 unspecified atom stereocenters. The number of benzene rings is 1. The van der Waals surface area contributed by atoms with E-state index in [-0.39, 0.29) is 11.7 Å². The maximum atomic E-state index is 11.9. The summed E-state index contributed by atoms with van der Waals surface area (Å²) in [5, 5.41) is 0. The van der Waals surface area contributed by atoms with E-state index >= 15 is 0 Å². The Bertz CT molecular complexity index is 395. The largest absolute Gasteiger partial charge is 0.294 e. The Balaban J connectivity index is 2.17. The molecule has 21 heavy (non-hydrogen) atoms. The zero-order chi connectivity index (χ0) is 15.5. The minimum Gasteiger partial charge on any atom is -0.294 e. The maximum absolute atomic E-state index is 11.9. The lowest BCUT2D eigenvalue weighted by atomic mass is 10.0. The number of carbonyl (C=O) groups is 1. The number of rotatable bonds is 11. The maximum Gasteiger partial charge on any atom is 0.165 e. The highest BCUT2D eigenvalue weighted by Crippen LogP contribution is 2.21. The van der Waals surface area contributed by atoms with Crippen molar-refractivity contribution in [1.82, 2.24) is 0 Å². The second kappa shape index (κ2) is 10.9. The minimum absolute atomic E-state index is 0.0798. The van der Waals surface area contributed by atoms with Crippen LogP contribution in [0.2, 0.25) is 0 Å². The van der Waals surface area contributed by atoms with Crippen LogP contribution in [0.25, 0.3) is 0 Å². The van der Waals surface area contributed by atoms with Gasteiger partial charge in [-0.3, -0.25) is 4.79 Å². The zero-order valence-corrected chi connectivity index (χ0v) is 14.7. The fourth-order valence-corrected chi connectivity index (χ4v) is 3.21. The summed E-state index contributed by atoms with van der Waals surface area (Å²) in [4.78, 5) is 13.1. The molecule has 0 saturated carbocycles. The summed E-state index contributed by atoms with van der Waals surface area (Å²) in [6, 6.07) is 8.11. The molecule has 2 heteroatoms. The quantitative estimate of drug-likeness (QED) is 0.268. The number of carbonyl (C=O) groups excluding carboxylic acids is 1. The van der Waals surface area contributed by atoms with Crippen molar-refractivity contribution in [1.29, 1.82) is 0 Å². The first-order valence-electron chi connectivity index (χ1n) is 8.42. The van der Waals surface area contributed by atoms with Crippen molar-refractivity contribution >= 4 is 17.5 Å². The van der Waals surface area contributed by atoms with Crippen molar-refractivity contribution in [3.8, 4) is 0 Å². The van der Waals surface area contributed by atoms with Gasteiger partial charge in [0.2, 0.25) is 0 Å². The highest BCUT2D eigenvalue weighted by Gasteiger charge is 2.09. The first kappa shape index (κ1) is 18.3. The molecular formula is C19H30OS. The predicted octanol–water partition coefficient (Wildman–Crippen LogP) is 6.37. The van der Waals surface area contributed by atoms with Gasteiger partial charge >= 0.3 is 0 Å². The fourth-order valence-electron chi connectivity index (χ4n) is 2.30. The molecule has 1 rings (SSSR count). The van der Waals surface area contributed by atoms with E-state index in [1.807, 2.05) is 37.7 Å². The van der Waals surface area contributed by atoms with Crippen LogP contribution in [0, 0.1) is 5.92 Å². The number of hydrogen-bond donors (Lipinski definition) is 0. The van der Waals surface area contributed by atoms with Crippen LogP contribution in [0.3, 0.4) is 0 Å². The van der Waals surface area contributed by atoms with Gasteiger partial charge in [-0.25, -0.2) is 0 Å². The van der Waals surface area contributed by atoms with Crippen LogP contribution >= 0.6 is 11.8 Å². The highest BCUT2D eigenvalue weighted by molar-refractivity contribution is 7.99. The average Bonchev–Trinajstić information content (AvgIpc) is 2.49. The van der Waals surface area contributed by atoms with Gasteiger partial charge in [-0.1, -0.05) is 71.4 Å². The molecule has 1 aromatic carbocycles. The van der Waals surface area contributed by atoms with Crippen molar-refractivity contribution in [3.05, 3.63) is 29.8 Å². The number of hydrogen-bond acceptors (Lipinski definition) is 2. The summed E-state index contributed by atoms with van der Waals surface area (Å²) in [5.41, 5.74) is 0.838. The second-order valence-corrected chi connectivity index (χ2v) is 7.18. The first-order valence-corrected chi connectivity index (χ1v) is 9.40. The molecule has 0 saturated heterocycles. The molecular weight excluding hydrogens is 276 g/mol. The monoisotopic (exact) mass is 306 g/mol. The molecule has 0 heterocycles. The molecule has 1 nitrogen and oxygen atoms in total. The van der Waals surface area contributed by atoms with Crippen molar-refractivity contribution < 1.29 is 4.79 Å². The molecule has 0 aliphatic carbocycles. The standard InChI is InChI=1S/C19H30OS/c1-4-5-6-7-8-9-10-15-21-18-13-11-17(12-14-18)19(20)16(2)3/h11-14,16H,4-10,15H2,1-3H3. The van der Waals surface area contributed by atoms with E-state index < -0.39 is 0 Å². The Morgan fingerprint density at radius 1 is 0.952 bits per heavy atom. The Morgan fingerprint density at radius 3 is 2.10 bits per heavy atom. The van der Waals surface area contributed by atoms with E-state index in [1.165, 1.54) is 55.6 Å². The molecule has 0 amide bonds. The summed E-state index contributed by atoms with van der Waals surface area (Å²) < 4.78 is 0. The van der Waals surface area contributed by atoms with Gasteiger partial charge in [0.1, 0.15) is 0 Å². The Hall–Kier alpha value is -0.760. The molecule has 0 fully saturated rings. The Morgan fingerprint density at radius 2 is 1.52 bits per heavy atom. The summed E-state index contributed by atoms with van der Waals surface area (Å²) >= 11 is 1.91. The average molecular weight is 307 g/mol. The summed E-state index contributed by atoms with van der Waals surface area (Å²) in [5.74, 6) is 1.50. The van der Waals surface area contributed by atoms with Gasteiger partial charge in [0.05, 0.1) is 0 Å². The van der Waals surface area contributed by atoms with Crippen LogP contribution in [0.4, 0.5) is 0 Å². The van der Waals surface area contributed by atoms with Crippen LogP contribution in [0.15, 0.2) is 29.2 Å². The van der Waals surface area contributed by atoms with Crippen LogP contribution in [0.5, 0.6) is 0 Å². The lowest BCUT2D eigenvalue weighted by Gasteiger charge is -2.06. The lowest BCUT2D eigenvalue weighted by molar-refractivity contribution is 0.0939. The summed E-state index contributed by atoms with van der Waals surface area (Å²) in [6.45, 7) is 6.16. The van der Waals surface area contributed by atoms with Crippen molar-refractivity contribution in [2.45, 2.75) is 70.6 Å². The highest BCUT2D eigenvalue weighted by atomic mass is 32.2. The molecule has 118 valence electrons. The number of thioether (sulfide) groups is 1.